The Morgan fingerprint density at radius 1 is 0.966 bits per heavy atom. The van der Waals surface area contributed by atoms with Crippen molar-refractivity contribution in [3.8, 4) is 0 Å². The minimum Gasteiger partial charge on any atom is -0.351 e. The van der Waals surface area contributed by atoms with E-state index >= 15 is 0 Å². The highest BCUT2D eigenvalue weighted by atomic mass is 79.9. The van der Waals surface area contributed by atoms with Gasteiger partial charge in [0.15, 0.2) is 0 Å². The molecule has 0 spiro atoms. The fraction of sp³-hybridized carbons (Fsp3) is 0.381. The number of sulfonamides is 1. The molecule has 156 valence electrons. The summed E-state index contributed by atoms with van der Waals surface area (Å²) in [6.45, 7) is 3.50. The fourth-order valence-corrected chi connectivity index (χ4v) is 4.89. The zero-order valence-electron chi connectivity index (χ0n) is 16.3. The highest BCUT2D eigenvalue weighted by Gasteiger charge is 2.26. The molecular weight excluding hydrogens is 454 g/mol. The predicted octanol–water partition coefficient (Wildman–Crippen LogP) is 2.37. The van der Waals surface area contributed by atoms with E-state index in [1.807, 2.05) is 18.2 Å². The molecule has 29 heavy (non-hydrogen) atoms. The number of rotatable bonds is 8. The number of hydrogen-bond acceptors (Lipinski definition) is 4. The SMILES string of the molecule is O=C(NCCS(=O)(=O)N1CCN(CCc2ccccc2)CC1)c1ccc(Br)cc1. The van der Waals surface area contributed by atoms with Crippen LogP contribution in [-0.4, -0.2) is 68.6 Å². The number of carbonyl (C=O) groups is 1. The van der Waals surface area contributed by atoms with Crippen molar-refractivity contribution in [3.05, 3.63) is 70.2 Å². The molecule has 1 heterocycles. The van der Waals surface area contributed by atoms with Crippen molar-refractivity contribution in [2.75, 3.05) is 45.0 Å². The smallest absolute Gasteiger partial charge is 0.251 e. The van der Waals surface area contributed by atoms with Gasteiger partial charge in [-0.3, -0.25) is 4.79 Å². The molecule has 1 fully saturated rings. The van der Waals surface area contributed by atoms with Gasteiger partial charge in [0, 0.05) is 49.3 Å². The maximum absolute atomic E-state index is 12.6. The van der Waals surface area contributed by atoms with Crippen LogP contribution in [0.4, 0.5) is 0 Å². The van der Waals surface area contributed by atoms with E-state index in [9.17, 15) is 13.2 Å². The van der Waals surface area contributed by atoms with Gasteiger partial charge in [0.2, 0.25) is 10.0 Å². The van der Waals surface area contributed by atoms with Crippen molar-refractivity contribution in [1.82, 2.24) is 14.5 Å². The molecule has 0 saturated carbocycles. The Kier molecular flexibility index (Phi) is 7.83. The van der Waals surface area contributed by atoms with E-state index in [1.165, 1.54) is 9.87 Å². The lowest BCUT2D eigenvalue weighted by Gasteiger charge is -2.34. The Hall–Kier alpha value is -1.74. The third-order valence-corrected chi connectivity index (χ3v) is 7.44. The lowest BCUT2D eigenvalue weighted by atomic mass is 10.1. The van der Waals surface area contributed by atoms with Gasteiger partial charge in [-0.05, 0) is 36.2 Å². The van der Waals surface area contributed by atoms with Crippen LogP contribution in [0.15, 0.2) is 59.1 Å². The van der Waals surface area contributed by atoms with Crippen LogP contribution in [-0.2, 0) is 16.4 Å². The van der Waals surface area contributed by atoms with Gasteiger partial charge in [-0.2, -0.15) is 4.31 Å². The molecule has 1 aliphatic rings. The lowest BCUT2D eigenvalue weighted by Crippen LogP contribution is -2.50. The lowest BCUT2D eigenvalue weighted by molar-refractivity contribution is 0.0956. The quantitative estimate of drug-likeness (QED) is 0.630. The maximum Gasteiger partial charge on any atom is 0.251 e. The molecule has 3 rings (SSSR count). The minimum atomic E-state index is -3.37. The summed E-state index contributed by atoms with van der Waals surface area (Å²) in [6, 6.07) is 17.3. The van der Waals surface area contributed by atoms with E-state index in [2.05, 4.69) is 38.3 Å². The summed E-state index contributed by atoms with van der Waals surface area (Å²) in [5, 5.41) is 2.69. The predicted molar refractivity (Wildman–Crippen MR) is 118 cm³/mol. The minimum absolute atomic E-state index is 0.0840. The molecule has 0 bridgehead atoms. The molecule has 0 aromatic heterocycles. The summed E-state index contributed by atoms with van der Waals surface area (Å²) in [4.78, 5) is 14.4. The number of benzene rings is 2. The van der Waals surface area contributed by atoms with Crippen molar-refractivity contribution < 1.29 is 13.2 Å². The Bertz CT molecular complexity index is 897. The first kappa shape index (κ1) is 22.0. The van der Waals surface area contributed by atoms with Gasteiger partial charge in [0.1, 0.15) is 0 Å². The van der Waals surface area contributed by atoms with Crippen molar-refractivity contribution >= 4 is 31.9 Å². The van der Waals surface area contributed by atoms with Crippen LogP contribution in [0.1, 0.15) is 15.9 Å². The number of piperazine rings is 1. The molecule has 1 saturated heterocycles. The summed E-state index contributed by atoms with van der Waals surface area (Å²) < 4.78 is 27.6. The van der Waals surface area contributed by atoms with Crippen LogP contribution >= 0.6 is 15.9 Å². The van der Waals surface area contributed by atoms with Gasteiger partial charge < -0.3 is 10.2 Å². The number of nitrogens with zero attached hydrogens (tertiary/aromatic N) is 2. The summed E-state index contributed by atoms with van der Waals surface area (Å²) in [7, 11) is -3.37. The van der Waals surface area contributed by atoms with E-state index in [4.69, 9.17) is 0 Å². The molecule has 6 nitrogen and oxygen atoms in total. The first-order valence-electron chi connectivity index (χ1n) is 9.72. The number of carbonyl (C=O) groups excluding carboxylic acids is 1. The standard InChI is InChI=1S/C21H26BrN3O3S/c22-20-8-6-19(7-9-20)21(26)23-11-17-29(27,28)25-15-13-24(14-16-25)12-10-18-4-2-1-3-5-18/h1-9H,10-17H2,(H,23,26). The number of amides is 1. The van der Waals surface area contributed by atoms with Crippen molar-refractivity contribution in [1.29, 1.82) is 0 Å². The summed E-state index contributed by atoms with van der Waals surface area (Å²) in [6.07, 6.45) is 0.968. The number of halogens is 1. The van der Waals surface area contributed by atoms with E-state index in [0.29, 0.717) is 18.7 Å². The average Bonchev–Trinajstić information content (AvgIpc) is 2.73. The number of nitrogens with one attached hydrogen (secondary N) is 1. The molecule has 0 unspecified atom stereocenters. The molecule has 2 aromatic carbocycles. The van der Waals surface area contributed by atoms with Crippen LogP contribution in [0, 0.1) is 0 Å². The normalized spacial score (nSPS) is 15.9. The monoisotopic (exact) mass is 479 g/mol. The van der Waals surface area contributed by atoms with Crippen LogP contribution in [0.3, 0.4) is 0 Å². The molecule has 0 atom stereocenters. The van der Waals surface area contributed by atoms with Crippen molar-refractivity contribution in [3.63, 3.8) is 0 Å². The first-order chi connectivity index (χ1) is 13.9. The first-order valence-corrected chi connectivity index (χ1v) is 12.1. The molecule has 2 aromatic rings. The Morgan fingerprint density at radius 2 is 1.62 bits per heavy atom. The second kappa shape index (κ2) is 10.3. The van der Waals surface area contributed by atoms with Crippen LogP contribution in [0.5, 0.6) is 0 Å². The van der Waals surface area contributed by atoms with Gasteiger partial charge >= 0.3 is 0 Å². The van der Waals surface area contributed by atoms with Gasteiger partial charge in [0.25, 0.3) is 5.91 Å². The molecule has 1 amide bonds. The highest BCUT2D eigenvalue weighted by molar-refractivity contribution is 9.10. The molecule has 8 heteroatoms. The van der Waals surface area contributed by atoms with Crippen molar-refractivity contribution in [2.45, 2.75) is 6.42 Å². The molecule has 0 aliphatic carbocycles. The van der Waals surface area contributed by atoms with Gasteiger partial charge in [-0.25, -0.2) is 8.42 Å². The zero-order valence-corrected chi connectivity index (χ0v) is 18.7. The molecule has 0 radical (unpaired) electrons. The second-order valence-electron chi connectivity index (χ2n) is 7.06. The van der Waals surface area contributed by atoms with Gasteiger partial charge in [0.05, 0.1) is 5.75 Å². The Morgan fingerprint density at radius 3 is 2.28 bits per heavy atom. The van der Waals surface area contributed by atoms with E-state index < -0.39 is 10.0 Å². The second-order valence-corrected chi connectivity index (χ2v) is 10.1. The Balaban J connectivity index is 1.40. The van der Waals surface area contributed by atoms with E-state index in [1.54, 1.807) is 24.3 Å². The summed E-state index contributed by atoms with van der Waals surface area (Å²) in [5.41, 5.74) is 1.81. The average molecular weight is 480 g/mol. The van der Waals surface area contributed by atoms with E-state index in [-0.39, 0.29) is 18.2 Å². The third-order valence-electron chi connectivity index (χ3n) is 5.04. The highest BCUT2D eigenvalue weighted by Crippen LogP contribution is 2.11. The van der Waals surface area contributed by atoms with Gasteiger partial charge in [-0.1, -0.05) is 46.3 Å². The summed E-state index contributed by atoms with van der Waals surface area (Å²) >= 11 is 3.32. The zero-order chi connectivity index (χ0) is 20.7. The van der Waals surface area contributed by atoms with Crippen LogP contribution < -0.4 is 5.32 Å². The van der Waals surface area contributed by atoms with Gasteiger partial charge in [-0.15, -0.1) is 0 Å². The fourth-order valence-electron chi connectivity index (χ4n) is 3.29. The molecule has 1 N–H and O–H groups in total. The third kappa shape index (κ3) is 6.64. The van der Waals surface area contributed by atoms with Crippen LogP contribution in [0.25, 0.3) is 0 Å². The summed E-state index contributed by atoms with van der Waals surface area (Å²) in [5.74, 6) is -0.349. The molecule has 1 aliphatic heterocycles. The largest absolute Gasteiger partial charge is 0.351 e. The van der Waals surface area contributed by atoms with Crippen molar-refractivity contribution in [2.24, 2.45) is 0 Å². The Labute approximate surface area is 181 Å². The van der Waals surface area contributed by atoms with Crippen LogP contribution in [0.2, 0.25) is 0 Å². The van der Waals surface area contributed by atoms with E-state index in [0.717, 1.165) is 30.5 Å². The number of hydrogen-bond donors (Lipinski definition) is 1. The maximum atomic E-state index is 12.6. The molecular formula is C21H26BrN3O3S. The topological polar surface area (TPSA) is 69.7 Å².